The highest BCUT2D eigenvalue weighted by Gasteiger charge is 2.09. The van der Waals surface area contributed by atoms with Gasteiger partial charge in [0.15, 0.2) is 0 Å². The van der Waals surface area contributed by atoms with Crippen LogP contribution in [0.4, 0.5) is 5.69 Å². The van der Waals surface area contributed by atoms with Crippen molar-refractivity contribution < 1.29 is 4.74 Å². The molecule has 1 aromatic heterocycles. The summed E-state index contributed by atoms with van der Waals surface area (Å²) < 4.78 is 5.96. The molecule has 1 aromatic carbocycles. The number of anilines is 1. The van der Waals surface area contributed by atoms with Gasteiger partial charge in [-0.25, -0.2) is 0 Å². The highest BCUT2D eigenvalue weighted by Crippen LogP contribution is 2.30. The van der Waals surface area contributed by atoms with E-state index in [1.807, 2.05) is 25.1 Å². The van der Waals surface area contributed by atoms with Crippen molar-refractivity contribution in [2.24, 2.45) is 0 Å². The minimum Gasteiger partial charge on any atom is -0.486 e. The second-order valence-corrected chi connectivity index (χ2v) is 4.35. The molecule has 3 nitrogen and oxygen atoms in total. The monoisotopic (exact) mass is 221 g/mol. The van der Waals surface area contributed by atoms with E-state index in [2.05, 4.69) is 0 Å². The molecular weight excluding hydrogens is 210 g/mol. The molecule has 0 aliphatic carbocycles. The third-order valence-electron chi connectivity index (χ3n) is 2.23. The van der Waals surface area contributed by atoms with E-state index in [-0.39, 0.29) is 11.1 Å². The number of rotatable bonds is 1. The summed E-state index contributed by atoms with van der Waals surface area (Å²) in [6, 6.07) is 5.73. The zero-order valence-corrected chi connectivity index (χ0v) is 9.35. The zero-order valence-electron chi connectivity index (χ0n) is 8.53. The lowest BCUT2D eigenvalue weighted by molar-refractivity contribution is 0.428. The molecule has 0 saturated carbocycles. The molecule has 1 heterocycles. The van der Waals surface area contributed by atoms with E-state index in [9.17, 15) is 4.79 Å². The van der Waals surface area contributed by atoms with E-state index in [0.29, 0.717) is 10.4 Å². The summed E-state index contributed by atoms with van der Waals surface area (Å²) in [5.74, 6) is 0. The highest BCUT2D eigenvalue weighted by atomic mass is 32.1. The first-order valence-electron chi connectivity index (χ1n) is 4.50. The lowest BCUT2D eigenvalue weighted by Gasteiger charge is -2.04. The lowest BCUT2D eigenvalue weighted by atomic mass is 10.2. The molecule has 2 rings (SSSR count). The van der Waals surface area contributed by atoms with E-state index in [1.54, 1.807) is 0 Å². The van der Waals surface area contributed by atoms with Gasteiger partial charge in [0.2, 0.25) is 10.5 Å². The molecule has 0 unspecified atom stereocenters. The number of hydrogen-bond donors (Lipinski definition) is 1. The van der Waals surface area contributed by atoms with Gasteiger partial charge in [-0.05, 0) is 19.1 Å². The van der Waals surface area contributed by atoms with E-state index in [4.69, 9.17) is 10.5 Å². The molecule has 0 bridgehead atoms. The summed E-state index contributed by atoms with van der Waals surface area (Å²) >= 11 is 1.39. The largest absolute Gasteiger partial charge is 0.486 e. The number of hydrogen-bond acceptors (Lipinski definition) is 4. The van der Waals surface area contributed by atoms with Crippen LogP contribution in [0, 0.1) is 6.92 Å². The Balaban J connectivity index is 2.91. The number of ether oxygens (including phenoxy) is 1. The molecular formula is C11H11NO2S. The third-order valence-corrected chi connectivity index (χ3v) is 3.38. The third kappa shape index (κ3) is 1.57. The molecule has 2 aromatic rings. The van der Waals surface area contributed by atoms with Crippen molar-refractivity contribution in [1.29, 1.82) is 0 Å². The standard InChI is InChI=1S/C11H11NO2S/c1-6-3-4-8-7(5-6)10(13)9(12)11(14-2)15-8/h3-5H,12H2,1-2H3. The molecule has 78 valence electrons. The van der Waals surface area contributed by atoms with Crippen molar-refractivity contribution in [3.8, 4) is 5.06 Å². The van der Waals surface area contributed by atoms with Crippen LogP contribution in [0.15, 0.2) is 23.0 Å². The number of methoxy groups -OCH3 is 1. The summed E-state index contributed by atoms with van der Waals surface area (Å²) in [6.07, 6.45) is 0. The Kier molecular flexibility index (Phi) is 2.36. The predicted molar refractivity (Wildman–Crippen MR) is 63.8 cm³/mol. The van der Waals surface area contributed by atoms with Crippen molar-refractivity contribution in [3.63, 3.8) is 0 Å². The fourth-order valence-electron chi connectivity index (χ4n) is 1.45. The molecule has 4 heteroatoms. The van der Waals surface area contributed by atoms with Crippen LogP contribution >= 0.6 is 11.3 Å². The van der Waals surface area contributed by atoms with Gasteiger partial charge in [0.25, 0.3) is 0 Å². The van der Waals surface area contributed by atoms with Crippen molar-refractivity contribution in [2.75, 3.05) is 12.8 Å². The second kappa shape index (κ2) is 3.55. The summed E-state index contributed by atoms with van der Waals surface area (Å²) in [4.78, 5) is 11.9. The number of nitrogen functional groups attached to an aromatic ring is 1. The van der Waals surface area contributed by atoms with Gasteiger partial charge >= 0.3 is 0 Å². The van der Waals surface area contributed by atoms with Crippen LogP contribution in [0.25, 0.3) is 10.1 Å². The number of aryl methyl sites for hydroxylation is 1. The van der Waals surface area contributed by atoms with E-state index < -0.39 is 0 Å². The molecule has 2 N–H and O–H groups in total. The lowest BCUT2D eigenvalue weighted by Crippen LogP contribution is -2.09. The maximum atomic E-state index is 11.9. The van der Waals surface area contributed by atoms with Crippen molar-refractivity contribution in [2.45, 2.75) is 6.92 Å². The van der Waals surface area contributed by atoms with Crippen LogP contribution in [0.3, 0.4) is 0 Å². The van der Waals surface area contributed by atoms with Gasteiger partial charge in [-0.3, -0.25) is 4.79 Å². The van der Waals surface area contributed by atoms with Gasteiger partial charge in [0.1, 0.15) is 5.69 Å². The molecule has 0 radical (unpaired) electrons. The minimum absolute atomic E-state index is 0.149. The summed E-state index contributed by atoms with van der Waals surface area (Å²) in [5.41, 5.74) is 6.78. The molecule has 0 aliphatic rings. The Bertz CT molecular complexity index is 575. The fraction of sp³-hybridized carbons (Fsp3) is 0.182. The zero-order chi connectivity index (χ0) is 11.0. The van der Waals surface area contributed by atoms with Crippen LogP contribution in [-0.2, 0) is 0 Å². The first-order valence-corrected chi connectivity index (χ1v) is 5.32. The van der Waals surface area contributed by atoms with Gasteiger partial charge in [0, 0.05) is 10.1 Å². The molecule has 0 spiro atoms. The molecule has 0 saturated heterocycles. The number of nitrogens with two attached hydrogens (primary N) is 1. The van der Waals surface area contributed by atoms with Crippen LogP contribution in [0.2, 0.25) is 0 Å². The van der Waals surface area contributed by atoms with E-state index >= 15 is 0 Å². The maximum absolute atomic E-state index is 11.9. The SMILES string of the molecule is COc1sc2ccc(C)cc2c(=O)c1N. The van der Waals surface area contributed by atoms with E-state index in [1.165, 1.54) is 18.4 Å². The van der Waals surface area contributed by atoms with Crippen molar-refractivity contribution >= 4 is 27.1 Å². The Morgan fingerprint density at radius 2 is 2.13 bits per heavy atom. The highest BCUT2D eigenvalue weighted by molar-refractivity contribution is 7.20. The molecule has 15 heavy (non-hydrogen) atoms. The van der Waals surface area contributed by atoms with Crippen LogP contribution in [0.5, 0.6) is 5.06 Å². The first kappa shape index (κ1) is 9.98. The fourth-order valence-corrected chi connectivity index (χ4v) is 2.34. The van der Waals surface area contributed by atoms with E-state index in [0.717, 1.165) is 10.3 Å². The summed E-state index contributed by atoms with van der Waals surface area (Å²) in [7, 11) is 1.52. The first-order chi connectivity index (χ1) is 7.13. The Hall–Kier alpha value is -1.55. The van der Waals surface area contributed by atoms with Crippen molar-refractivity contribution in [3.05, 3.63) is 34.0 Å². The normalized spacial score (nSPS) is 10.5. The van der Waals surface area contributed by atoms with Crippen LogP contribution < -0.4 is 15.9 Å². The molecule has 0 fully saturated rings. The topological polar surface area (TPSA) is 52.3 Å². The molecule has 0 atom stereocenters. The van der Waals surface area contributed by atoms with Gasteiger partial charge in [-0.15, -0.1) is 0 Å². The Morgan fingerprint density at radius 3 is 2.80 bits per heavy atom. The molecule has 0 amide bonds. The Morgan fingerprint density at radius 1 is 1.40 bits per heavy atom. The predicted octanol–water partition coefficient (Wildman–Crippen LogP) is 2.16. The van der Waals surface area contributed by atoms with Crippen LogP contribution in [0.1, 0.15) is 5.56 Å². The average molecular weight is 221 g/mol. The van der Waals surface area contributed by atoms with Gasteiger partial charge < -0.3 is 10.5 Å². The molecule has 0 aliphatic heterocycles. The minimum atomic E-state index is -0.149. The number of fused-ring (bicyclic) bond motifs is 1. The Labute approximate surface area is 91.1 Å². The quantitative estimate of drug-likeness (QED) is 0.802. The van der Waals surface area contributed by atoms with Gasteiger partial charge in [-0.2, -0.15) is 0 Å². The second-order valence-electron chi connectivity index (χ2n) is 3.34. The number of benzene rings is 1. The van der Waals surface area contributed by atoms with Crippen LogP contribution in [-0.4, -0.2) is 7.11 Å². The average Bonchev–Trinajstić information content (AvgIpc) is 2.24. The van der Waals surface area contributed by atoms with Gasteiger partial charge in [0.05, 0.1) is 7.11 Å². The van der Waals surface area contributed by atoms with Crippen molar-refractivity contribution in [1.82, 2.24) is 0 Å². The maximum Gasteiger partial charge on any atom is 0.214 e. The van der Waals surface area contributed by atoms with Gasteiger partial charge in [-0.1, -0.05) is 23.0 Å². The summed E-state index contributed by atoms with van der Waals surface area (Å²) in [6.45, 7) is 1.95. The summed E-state index contributed by atoms with van der Waals surface area (Å²) in [5, 5.41) is 1.15. The smallest absolute Gasteiger partial charge is 0.214 e.